The summed E-state index contributed by atoms with van der Waals surface area (Å²) in [4.78, 5) is 26.2. The lowest BCUT2D eigenvalue weighted by Gasteiger charge is -2.15. The van der Waals surface area contributed by atoms with E-state index in [2.05, 4.69) is 11.4 Å². The fraction of sp³-hybridized carbons (Fsp3) is 0.300. The number of aryl methyl sites for hydroxylation is 1. The number of anilines is 1. The lowest BCUT2D eigenvalue weighted by molar-refractivity contribution is -0.125. The van der Waals surface area contributed by atoms with Gasteiger partial charge in [0.05, 0.1) is 11.6 Å². The minimum atomic E-state index is -0.495. The number of carbonyl (C=O) groups is 2. The van der Waals surface area contributed by atoms with Crippen molar-refractivity contribution >= 4 is 17.6 Å². The molecule has 0 spiro atoms. The third-order valence-electron chi connectivity index (χ3n) is 4.40. The first kappa shape index (κ1) is 17.0. The number of nitrogens with one attached hydrogen (secondary N) is 1. The van der Waals surface area contributed by atoms with Crippen molar-refractivity contribution in [3.05, 3.63) is 65.2 Å². The zero-order valence-corrected chi connectivity index (χ0v) is 14.5. The highest BCUT2D eigenvalue weighted by Crippen LogP contribution is 2.30. The molecule has 0 radical (unpaired) electrons. The van der Waals surface area contributed by atoms with Gasteiger partial charge in [-0.3, -0.25) is 4.79 Å². The van der Waals surface area contributed by atoms with Gasteiger partial charge >= 0.3 is 5.97 Å². The average molecular weight is 338 g/mol. The zero-order chi connectivity index (χ0) is 17.8. The first-order chi connectivity index (χ1) is 12.0. The fourth-order valence-electron chi connectivity index (χ4n) is 3.07. The van der Waals surface area contributed by atoms with Crippen LogP contribution in [-0.2, 0) is 16.0 Å². The van der Waals surface area contributed by atoms with Crippen LogP contribution in [0.25, 0.3) is 0 Å². The van der Waals surface area contributed by atoms with Crippen LogP contribution in [0.2, 0.25) is 0 Å². The molecule has 0 saturated heterocycles. The molecule has 2 aromatic rings. The number of benzene rings is 2. The molecule has 0 bridgehead atoms. The van der Waals surface area contributed by atoms with Gasteiger partial charge < -0.3 is 15.0 Å². The summed E-state index contributed by atoms with van der Waals surface area (Å²) in [6.07, 6.45) is 1.84. The summed E-state index contributed by atoms with van der Waals surface area (Å²) in [6, 6.07) is 15.2. The Balaban J connectivity index is 1.54. The molecule has 0 saturated carbocycles. The van der Waals surface area contributed by atoms with E-state index in [-0.39, 0.29) is 18.6 Å². The van der Waals surface area contributed by atoms with Gasteiger partial charge in [0.25, 0.3) is 5.91 Å². The van der Waals surface area contributed by atoms with Crippen LogP contribution < -0.4 is 10.2 Å². The predicted octanol–water partition coefficient (Wildman–Crippen LogP) is 2.71. The Morgan fingerprint density at radius 1 is 1.16 bits per heavy atom. The number of esters is 1. The molecule has 0 fully saturated rings. The Kier molecular flexibility index (Phi) is 5.03. The molecule has 0 aromatic heterocycles. The Labute approximate surface area is 147 Å². The van der Waals surface area contributed by atoms with Crippen LogP contribution in [-0.4, -0.2) is 32.6 Å². The van der Waals surface area contributed by atoms with Gasteiger partial charge in [0.1, 0.15) is 0 Å². The maximum absolute atomic E-state index is 12.1. The molecule has 1 aliphatic rings. The third-order valence-corrected chi connectivity index (χ3v) is 4.40. The van der Waals surface area contributed by atoms with Crippen LogP contribution in [0.15, 0.2) is 48.5 Å². The first-order valence-corrected chi connectivity index (χ1v) is 8.36. The van der Waals surface area contributed by atoms with E-state index in [1.165, 1.54) is 5.56 Å². The Bertz CT molecular complexity index is 786. The molecule has 0 heterocycles. The van der Waals surface area contributed by atoms with Crippen molar-refractivity contribution in [3.8, 4) is 0 Å². The van der Waals surface area contributed by atoms with E-state index in [0.29, 0.717) is 5.56 Å². The number of hydrogen-bond donors (Lipinski definition) is 1. The molecule has 25 heavy (non-hydrogen) atoms. The fourth-order valence-corrected chi connectivity index (χ4v) is 3.07. The molecular formula is C20H22N2O3. The van der Waals surface area contributed by atoms with E-state index >= 15 is 0 Å². The number of fused-ring (bicyclic) bond motifs is 1. The highest BCUT2D eigenvalue weighted by atomic mass is 16.5. The third kappa shape index (κ3) is 3.99. The van der Waals surface area contributed by atoms with Crippen LogP contribution in [0.1, 0.15) is 33.9 Å². The number of nitrogens with zero attached hydrogens (tertiary/aromatic N) is 1. The van der Waals surface area contributed by atoms with Crippen LogP contribution in [0, 0.1) is 0 Å². The summed E-state index contributed by atoms with van der Waals surface area (Å²) >= 11 is 0. The monoisotopic (exact) mass is 338 g/mol. The molecule has 5 nitrogen and oxygen atoms in total. The van der Waals surface area contributed by atoms with Gasteiger partial charge in [0.15, 0.2) is 6.61 Å². The summed E-state index contributed by atoms with van der Waals surface area (Å²) in [5.74, 6) is -0.774. The Morgan fingerprint density at radius 3 is 2.76 bits per heavy atom. The average Bonchev–Trinajstić information content (AvgIpc) is 3.03. The van der Waals surface area contributed by atoms with Crippen molar-refractivity contribution in [2.24, 2.45) is 0 Å². The lowest BCUT2D eigenvalue weighted by Crippen LogP contribution is -2.31. The molecule has 1 N–H and O–H groups in total. The SMILES string of the molecule is CN(C)c1cccc(C(=O)OCC(=O)N[C@H]2CCc3ccccc32)c1. The maximum Gasteiger partial charge on any atom is 0.338 e. The quantitative estimate of drug-likeness (QED) is 0.852. The van der Waals surface area contributed by atoms with Crippen LogP contribution in [0.5, 0.6) is 0 Å². The van der Waals surface area contributed by atoms with Gasteiger partial charge in [-0.15, -0.1) is 0 Å². The number of hydrogen-bond acceptors (Lipinski definition) is 4. The number of rotatable bonds is 5. The second kappa shape index (κ2) is 7.38. The molecule has 5 heteroatoms. The van der Waals surface area contributed by atoms with Crippen LogP contribution >= 0.6 is 0 Å². The second-order valence-electron chi connectivity index (χ2n) is 6.38. The summed E-state index contributed by atoms with van der Waals surface area (Å²) in [7, 11) is 3.80. The summed E-state index contributed by atoms with van der Waals surface area (Å²) in [5.41, 5.74) is 3.76. The smallest absolute Gasteiger partial charge is 0.338 e. The van der Waals surface area contributed by atoms with E-state index in [1.807, 2.05) is 43.3 Å². The largest absolute Gasteiger partial charge is 0.452 e. The van der Waals surface area contributed by atoms with Crippen molar-refractivity contribution in [3.63, 3.8) is 0 Å². The van der Waals surface area contributed by atoms with Crippen LogP contribution in [0.3, 0.4) is 0 Å². The molecule has 1 amide bonds. The molecular weight excluding hydrogens is 316 g/mol. The highest BCUT2D eigenvalue weighted by Gasteiger charge is 2.23. The van der Waals surface area contributed by atoms with E-state index in [9.17, 15) is 9.59 Å². The van der Waals surface area contributed by atoms with Gasteiger partial charge in [0.2, 0.25) is 0 Å². The topological polar surface area (TPSA) is 58.6 Å². The maximum atomic E-state index is 12.1. The van der Waals surface area contributed by atoms with Gasteiger partial charge in [-0.25, -0.2) is 4.79 Å². The van der Waals surface area contributed by atoms with E-state index in [1.54, 1.807) is 18.2 Å². The van der Waals surface area contributed by atoms with Gasteiger partial charge in [0, 0.05) is 19.8 Å². The van der Waals surface area contributed by atoms with E-state index < -0.39 is 5.97 Å². The van der Waals surface area contributed by atoms with Crippen molar-refractivity contribution in [1.29, 1.82) is 0 Å². The van der Waals surface area contributed by atoms with Crippen molar-refractivity contribution < 1.29 is 14.3 Å². The predicted molar refractivity (Wildman–Crippen MR) is 96.7 cm³/mol. The van der Waals surface area contributed by atoms with Crippen molar-refractivity contribution in [2.75, 3.05) is 25.6 Å². The summed E-state index contributed by atoms with van der Waals surface area (Å²) < 4.78 is 5.15. The first-order valence-electron chi connectivity index (χ1n) is 8.36. The molecule has 0 unspecified atom stereocenters. The summed E-state index contributed by atoms with van der Waals surface area (Å²) in [5, 5.41) is 2.95. The van der Waals surface area contributed by atoms with Gasteiger partial charge in [-0.2, -0.15) is 0 Å². The normalized spacial score (nSPS) is 15.4. The Hall–Kier alpha value is -2.82. The minimum absolute atomic E-state index is 0.000490. The van der Waals surface area contributed by atoms with Crippen molar-refractivity contribution in [1.82, 2.24) is 5.32 Å². The zero-order valence-electron chi connectivity index (χ0n) is 14.5. The summed E-state index contributed by atoms with van der Waals surface area (Å²) in [6.45, 7) is -0.274. The minimum Gasteiger partial charge on any atom is -0.452 e. The van der Waals surface area contributed by atoms with Gasteiger partial charge in [-0.1, -0.05) is 30.3 Å². The van der Waals surface area contributed by atoms with Gasteiger partial charge in [-0.05, 0) is 42.2 Å². The molecule has 3 rings (SSSR count). The standard InChI is InChI=1S/C20H22N2O3/c1-22(2)16-8-5-7-15(12-16)20(24)25-13-19(23)21-18-11-10-14-6-3-4-9-17(14)18/h3-9,12,18H,10-11,13H2,1-2H3,(H,21,23)/t18-/m0/s1. The van der Waals surface area contributed by atoms with E-state index in [4.69, 9.17) is 4.74 Å². The highest BCUT2D eigenvalue weighted by molar-refractivity contribution is 5.92. The van der Waals surface area contributed by atoms with Crippen LogP contribution in [0.4, 0.5) is 5.69 Å². The number of amides is 1. The number of ether oxygens (including phenoxy) is 1. The lowest BCUT2D eigenvalue weighted by atomic mass is 10.1. The second-order valence-corrected chi connectivity index (χ2v) is 6.38. The molecule has 1 atom stereocenters. The molecule has 0 aliphatic heterocycles. The molecule has 2 aromatic carbocycles. The molecule has 130 valence electrons. The van der Waals surface area contributed by atoms with Crippen molar-refractivity contribution in [2.45, 2.75) is 18.9 Å². The molecule has 1 aliphatic carbocycles. The number of carbonyl (C=O) groups excluding carboxylic acids is 2. The van der Waals surface area contributed by atoms with E-state index in [0.717, 1.165) is 24.1 Å². The Morgan fingerprint density at radius 2 is 1.96 bits per heavy atom.